The zero-order valence-electron chi connectivity index (χ0n) is 7.29. The second-order valence-corrected chi connectivity index (χ2v) is 3.94. The van der Waals surface area contributed by atoms with Crippen LogP contribution in [0.15, 0.2) is 11.3 Å². The van der Waals surface area contributed by atoms with Gasteiger partial charge in [-0.25, -0.2) is 4.79 Å². The Bertz CT molecular complexity index is 225. The van der Waals surface area contributed by atoms with Crippen molar-refractivity contribution in [1.29, 1.82) is 0 Å². The lowest BCUT2D eigenvalue weighted by molar-refractivity contribution is -0.138. The normalized spacial score (nSPS) is 23.0. The van der Waals surface area contributed by atoms with Crippen LogP contribution in [0.25, 0.3) is 0 Å². The van der Waals surface area contributed by atoms with Crippen molar-refractivity contribution >= 4 is 17.7 Å². The summed E-state index contributed by atoms with van der Waals surface area (Å²) in [5, 5.41) is 0.254. The lowest BCUT2D eigenvalue weighted by atomic mass is 10.2. The predicted molar refractivity (Wildman–Crippen MR) is 49.8 cm³/mol. The molecule has 0 aromatic heterocycles. The number of nitrogens with two attached hydrogens (primary N) is 1. The van der Waals surface area contributed by atoms with E-state index in [0.717, 1.165) is 0 Å². The summed E-state index contributed by atoms with van der Waals surface area (Å²) in [6.07, 6.45) is 0. The minimum atomic E-state index is -0.258. The Morgan fingerprint density at radius 3 is 2.92 bits per heavy atom. The Balaban J connectivity index is 2.68. The van der Waals surface area contributed by atoms with Crippen LogP contribution in [-0.2, 0) is 9.53 Å². The fourth-order valence-electron chi connectivity index (χ4n) is 1.02. The summed E-state index contributed by atoms with van der Waals surface area (Å²) in [4.78, 5) is 11.2. The van der Waals surface area contributed by atoms with Crippen LogP contribution in [0.1, 0.15) is 13.8 Å². The summed E-state index contributed by atoms with van der Waals surface area (Å²) in [7, 11) is 0. The minimum Gasteiger partial charge on any atom is -0.463 e. The van der Waals surface area contributed by atoms with E-state index in [1.807, 2.05) is 6.92 Å². The maximum absolute atomic E-state index is 11.2. The number of thioether (sulfide) groups is 1. The molecule has 12 heavy (non-hydrogen) atoms. The van der Waals surface area contributed by atoms with Gasteiger partial charge in [-0.3, -0.25) is 0 Å². The molecule has 1 unspecified atom stereocenters. The molecule has 0 aliphatic carbocycles. The van der Waals surface area contributed by atoms with E-state index in [4.69, 9.17) is 10.5 Å². The van der Waals surface area contributed by atoms with E-state index in [2.05, 4.69) is 0 Å². The van der Waals surface area contributed by atoms with Crippen LogP contribution in [0.5, 0.6) is 0 Å². The Kier molecular flexibility index (Phi) is 3.03. The number of rotatable bonds is 2. The second kappa shape index (κ2) is 3.85. The standard InChI is InChI=1S/C8H13NO2S/c1-3-11-8(10)6-4-12-5(2)7(6)9/h5H,3-4,9H2,1-2H3. The van der Waals surface area contributed by atoms with Crippen molar-refractivity contribution in [3.05, 3.63) is 11.3 Å². The molecule has 68 valence electrons. The first-order chi connectivity index (χ1) is 5.66. The molecular weight excluding hydrogens is 174 g/mol. The average Bonchev–Trinajstić information content (AvgIpc) is 2.34. The van der Waals surface area contributed by atoms with Crippen LogP contribution < -0.4 is 5.73 Å². The molecule has 0 bridgehead atoms. The molecule has 0 aromatic rings. The quantitative estimate of drug-likeness (QED) is 0.652. The molecular formula is C8H13NO2S. The Morgan fingerprint density at radius 1 is 1.83 bits per heavy atom. The van der Waals surface area contributed by atoms with E-state index in [-0.39, 0.29) is 11.2 Å². The van der Waals surface area contributed by atoms with Gasteiger partial charge in [0.2, 0.25) is 0 Å². The summed E-state index contributed by atoms with van der Waals surface area (Å²) >= 11 is 1.67. The van der Waals surface area contributed by atoms with Crippen LogP contribution in [0.2, 0.25) is 0 Å². The summed E-state index contributed by atoms with van der Waals surface area (Å²) in [5.41, 5.74) is 7.04. The summed E-state index contributed by atoms with van der Waals surface area (Å²) < 4.78 is 4.85. The molecule has 0 fully saturated rings. The largest absolute Gasteiger partial charge is 0.463 e. The predicted octanol–water partition coefficient (Wildman–Crippen LogP) is 0.898. The third-order valence-electron chi connectivity index (χ3n) is 1.79. The molecule has 1 heterocycles. The molecule has 4 heteroatoms. The zero-order chi connectivity index (χ0) is 9.14. The summed E-state index contributed by atoms with van der Waals surface area (Å²) in [5.74, 6) is 0.429. The Hall–Kier alpha value is -0.640. The maximum atomic E-state index is 11.2. The monoisotopic (exact) mass is 187 g/mol. The highest BCUT2D eigenvalue weighted by molar-refractivity contribution is 8.00. The van der Waals surface area contributed by atoms with Crippen molar-refractivity contribution in [3.63, 3.8) is 0 Å². The molecule has 2 N–H and O–H groups in total. The van der Waals surface area contributed by atoms with Crippen molar-refractivity contribution in [2.24, 2.45) is 5.73 Å². The van der Waals surface area contributed by atoms with Gasteiger partial charge in [0.15, 0.2) is 0 Å². The fourth-order valence-corrected chi connectivity index (χ4v) is 2.04. The summed E-state index contributed by atoms with van der Waals surface area (Å²) in [6, 6.07) is 0. The highest BCUT2D eigenvalue weighted by Crippen LogP contribution is 2.29. The molecule has 0 radical (unpaired) electrons. The molecule has 0 aromatic carbocycles. The highest BCUT2D eigenvalue weighted by Gasteiger charge is 2.25. The Morgan fingerprint density at radius 2 is 2.50 bits per heavy atom. The van der Waals surface area contributed by atoms with Crippen LogP contribution >= 0.6 is 11.8 Å². The van der Waals surface area contributed by atoms with Crippen LogP contribution in [0, 0.1) is 0 Å². The van der Waals surface area contributed by atoms with Crippen molar-refractivity contribution in [3.8, 4) is 0 Å². The first kappa shape index (κ1) is 9.45. The topological polar surface area (TPSA) is 52.3 Å². The number of hydrogen-bond donors (Lipinski definition) is 1. The van der Waals surface area contributed by atoms with E-state index >= 15 is 0 Å². The fraction of sp³-hybridized carbons (Fsp3) is 0.625. The van der Waals surface area contributed by atoms with Gasteiger partial charge < -0.3 is 10.5 Å². The maximum Gasteiger partial charge on any atom is 0.336 e. The van der Waals surface area contributed by atoms with Crippen molar-refractivity contribution in [2.45, 2.75) is 19.1 Å². The summed E-state index contributed by atoms with van der Waals surface area (Å²) in [6.45, 7) is 4.20. The van der Waals surface area contributed by atoms with Crippen molar-refractivity contribution in [1.82, 2.24) is 0 Å². The van der Waals surface area contributed by atoms with Crippen LogP contribution in [-0.4, -0.2) is 23.6 Å². The number of esters is 1. The molecule has 0 amide bonds. The van der Waals surface area contributed by atoms with Gasteiger partial charge >= 0.3 is 5.97 Å². The molecule has 3 nitrogen and oxygen atoms in total. The molecule has 1 rings (SSSR count). The van der Waals surface area contributed by atoms with E-state index in [1.54, 1.807) is 18.7 Å². The second-order valence-electron chi connectivity index (χ2n) is 2.61. The van der Waals surface area contributed by atoms with Gasteiger partial charge in [0, 0.05) is 16.7 Å². The van der Waals surface area contributed by atoms with E-state index in [9.17, 15) is 4.79 Å². The van der Waals surface area contributed by atoms with Crippen molar-refractivity contribution in [2.75, 3.05) is 12.4 Å². The molecule has 1 aliphatic heterocycles. The molecule has 1 atom stereocenters. The van der Waals surface area contributed by atoms with Crippen molar-refractivity contribution < 1.29 is 9.53 Å². The van der Waals surface area contributed by atoms with E-state index in [1.165, 1.54) is 0 Å². The lowest BCUT2D eigenvalue weighted by Gasteiger charge is -2.03. The van der Waals surface area contributed by atoms with Crippen LogP contribution in [0.4, 0.5) is 0 Å². The highest BCUT2D eigenvalue weighted by atomic mass is 32.2. The third-order valence-corrected chi connectivity index (χ3v) is 3.00. The smallest absolute Gasteiger partial charge is 0.336 e. The van der Waals surface area contributed by atoms with Gasteiger partial charge in [0.25, 0.3) is 0 Å². The lowest BCUT2D eigenvalue weighted by Crippen LogP contribution is -2.14. The number of ether oxygens (including phenoxy) is 1. The first-order valence-electron chi connectivity index (χ1n) is 3.94. The third kappa shape index (κ3) is 1.75. The average molecular weight is 187 g/mol. The Labute approximate surface area is 76.3 Å². The van der Waals surface area contributed by atoms with Gasteiger partial charge in [-0.2, -0.15) is 0 Å². The van der Waals surface area contributed by atoms with Gasteiger partial charge in [-0.1, -0.05) is 0 Å². The number of hydrogen-bond acceptors (Lipinski definition) is 4. The van der Waals surface area contributed by atoms with Crippen LogP contribution in [0.3, 0.4) is 0 Å². The number of carbonyl (C=O) groups is 1. The zero-order valence-corrected chi connectivity index (χ0v) is 8.11. The van der Waals surface area contributed by atoms with E-state index in [0.29, 0.717) is 23.6 Å². The number of carbonyl (C=O) groups excluding carboxylic acids is 1. The van der Waals surface area contributed by atoms with Gasteiger partial charge in [0.05, 0.1) is 12.2 Å². The van der Waals surface area contributed by atoms with Gasteiger partial charge in [0.1, 0.15) is 0 Å². The van der Waals surface area contributed by atoms with Gasteiger partial charge in [-0.05, 0) is 13.8 Å². The first-order valence-corrected chi connectivity index (χ1v) is 4.99. The molecule has 0 saturated heterocycles. The van der Waals surface area contributed by atoms with E-state index < -0.39 is 0 Å². The molecule has 0 spiro atoms. The molecule has 0 saturated carbocycles. The SMILES string of the molecule is CCOC(=O)C1=C(N)C(C)SC1. The van der Waals surface area contributed by atoms with Gasteiger partial charge in [-0.15, -0.1) is 11.8 Å². The molecule has 1 aliphatic rings. The minimum absolute atomic E-state index is 0.254.